The van der Waals surface area contributed by atoms with Crippen LogP contribution in [-0.2, 0) is 0 Å². The van der Waals surface area contributed by atoms with Crippen molar-refractivity contribution < 1.29 is 18.4 Å². The number of hydrogen-bond donors (Lipinski definition) is 2. The van der Waals surface area contributed by atoms with Gasteiger partial charge in [0.25, 0.3) is 5.92 Å². The van der Waals surface area contributed by atoms with E-state index < -0.39 is 23.9 Å². The Labute approximate surface area is 108 Å². The van der Waals surface area contributed by atoms with Gasteiger partial charge in [0.1, 0.15) is 5.69 Å². The van der Waals surface area contributed by atoms with E-state index in [9.17, 15) is 18.9 Å². The molecule has 0 aliphatic rings. The second-order valence-electron chi connectivity index (χ2n) is 3.76. The van der Waals surface area contributed by atoms with E-state index in [0.717, 1.165) is 0 Å². The van der Waals surface area contributed by atoms with Crippen molar-refractivity contribution in [2.24, 2.45) is 5.73 Å². The molecule has 1 rings (SSSR count). The number of rotatable bonds is 7. The van der Waals surface area contributed by atoms with Gasteiger partial charge in [0, 0.05) is 0 Å². The number of anilines is 1. The molecule has 0 aromatic heterocycles. The zero-order valence-corrected chi connectivity index (χ0v) is 10.4. The smallest absolute Gasteiger partial charge is 0.333 e. The van der Waals surface area contributed by atoms with E-state index >= 15 is 0 Å². The third-order valence-electron chi connectivity index (χ3n) is 2.32. The topological polar surface area (TPSA) is 90.4 Å². The van der Waals surface area contributed by atoms with Crippen molar-refractivity contribution in [3.8, 4) is 5.75 Å². The Morgan fingerprint density at radius 1 is 1.53 bits per heavy atom. The summed E-state index contributed by atoms with van der Waals surface area (Å²) in [5.41, 5.74) is 4.51. The van der Waals surface area contributed by atoms with Crippen molar-refractivity contribution in [2.75, 3.05) is 25.0 Å². The van der Waals surface area contributed by atoms with Crippen LogP contribution in [0.15, 0.2) is 18.2 Å². The molecular weight excluding hydrogens is 260 g/mol. The molecule has 0 aliphatic carbocycles. The molecule has 0 atom stereocenters. The molecule has 106 valence electrons. The number of nitrogens with two attached hydrogens (primary N) is 1. The van der Waals surface area contributed by atoms with E-state index in [0.29, 0.717) is 0 Å². The van der Waals surface area contributed by atoms with E-state index in [2.05, 4.69) is 5.32 Å². The molecule has 19 heavy (non-hydrogen) atoms. The average molecular weight is 275 g/mol. The van der Waals surface area contributed by atoms with Crippen LogP contribution in [0.3, 0.4) is 0 Å². The molecule has 0 aliphatic heterocycles. The van der Waals surface area contributed by atoms with E-state index in [1.807, 2.05) is 0 Å². The third kappa shape index (κ3) is 4.02. The quantitative estimate of drug-likeness (QED) is 0.586. The van der Waals surface area contributed by atoms with Crippen molar-refractivity contribution in [3.63, 3.8) is 0 Å². The summed E-state index contributed by atoms with van der Waals surface area (Å²) in [6.45, 7) is 0.300. The van der Waals surface area contributed by atoms with E-state index in [-0.39, 0.29) is 23.7 Å². The minimum Gasteiger partial charge on any atom is -0.487 e. The van der Waals surface area contributed by atoms with Crippen LogP contribution in [0.5, 0.6) is 5.75 Å². The zero-order valence-electron chi connectivity index (χ0n) is 10.4. The fourth-order valence-electron chi connectivity index (χ4n) is 1.42. The summed E-state index contributed by atoms with van der Waals surface area (Å²) in [7, 11) is 0. The van der Waals surface area contributed by atoms with Crippen molar-refractivity contribution >= 4 is 11.4 Å². The summed E-state index contributed by atoms with van der Waals surface area (Å²) in [4.78, 5) is 10.3. The highest BCUT2D eigenvalue weighted by molar-refractivity contribution is 5.68. The number of hydrogen-bond acceptors (Lipinski definition) is 5. The number of halogens is 2. The lowest BCUT2D eigenvalue weighted by Gasteiger charge is -2.16. The molecular formula is C11H15F2N3O3. The Kier molecular flexibility index (Phi) is 4.99. The van der Waals surface area contributed by atoms with Crippen LogP contribution >= 0.6 is 0 Å². The fraction of sp³-hybridized carbons (Fsp3) is 0.455. The van der Waals surface area contributed by atoms with Crippen LogP contribution in [0, 0.1) is 10.1 Å². The number of ether oxygens (including phenoxy) is 1. The maximum Gasteiger partial charge on any atom is 0.333 e. The number of alkyl halides is 2. The average Bonchev–Trinajstić information content (AvgIpc) is 2.36. The number of nitro groups is 1. The van der Waals surface area contributed by atoms with Gasteiger partial charge in [-0.05, 0) is 19.1 Å². The van der Waals surface area contributed by atoms with Crippen molar-refractivity contribution in [3.05, 3.63) is 28.3 Å². The predicted molar refractivity (Wildman–Crippen MR) is 66.8 cm³/mol. The first-order chi connectivity index (χ1) is 8.91. The SMILES string of the molecule is CCOc1cccc(NCC(F)(F)CN)c1[N+](=O)[O-]. The number of nitro benzene ring substituents is 1. The minimum absolute atomic E-state index is 0.0240. The van der Waals surface area contributed by atoms with Crippen molar-refractivity contribution in [1.29, 1.82) is 0 Å². The molecule has 0 saturated heterocycles. The Bertz CT molecular complexity index is 455. The van der Waals surface area contributed by atoms with Crippen LogP contribution in [-0.4, -0.2) is 30.5 Å². The number of nitrogens with one attached hydrogen (secondary N) is 1. The maximum atomic E-state index is 13.0. The van der Waals surface area contributed by atoms with Gasteiger partial charge in [-0.2, -0.15) is 0 Å². The molecule has 0 saturated carbocycles. The maximum absolute atomic E-state index is 13.0. The fourth-order valence-corrected chi connectivity index (χ4v) is 1.42. The van der Waals surface area contributed by atoms with Crippen LogP contribution in [0.4, 0.5) is 20.2 Å². The van der Waals surface area contributed by atoms with Gasteiger partial charge in [0.15, 0.2) is 5.75 Å². The molecule has 8 heteroatoms. The summed E-state index contributed by atoms with van der Waals surface area (Å²) in [6.07, 6.45) is 0. The van der Waals surface area contributed by atoms with Crippen molar-refractivity contribution in [2.45, 2.75) is 12.8 Å². The van der Waals surface area contributed by atoms with E-state index in [1.54, 1.807) is 6.92 Å². The lowest BCUT2D eigenvalue weighted by Crippen LogP contribution is -2.35. The van der Waals surface area contributed by atoms with Gasteiger partial charge in [0.2, 0.25) is 0 Å². The number of benzene rings is 1. The van der Waals surface area contributed by atoms with Gasteiger partial charge in [-0.15, -0.1) is 0 Å². The lowest BCUT2D eigenvalue weighted by atomic mass is 10.2. The standard InChI is InChI=1S/C11H15F2N3O3/c1-2-19-9-5-3-4-8(10(9)16(17)18)15-7-11(12,13)6-14/h3-5,15H,2,6-7,14H2,1H3. The zero-order chi connectivity index (χ0) is 14.5. The summed E-state index contributed by atoms with van der Waals surface area (Å²) < 4.78 is 31.2. The molecule has 0 unspecified atom stereocenters. The molecule has 1 aromatic rings. The molecule has 6 nitrogen and oxygen atoms in total. The van der Waals surface area contributed by atoms with Gasteiger partial charge in [-0.3, -0.25) is 10.1 Å². The first kappa shape index (κ1) is 15.1. The number of para-hydroxylation sites is 1. The van der Waals surface area contributed by atoms with Crippen molar-refractivity contribution in [1.82, 2.24) is 0 Å². The third-order valence-corrected chi connectivity index (χ3v) is 2.32. The predicted octanol–water partition coefficient (Wildman–Crippen LogP) is 2.00. The van der Waals surface area contributed by atoms with Gasteiger partial charge < -0.3 is 15.8 Å². The Morgan fingerprint density at radius 3 is 2.74 bits per heavy atom. The molecule has 1 aromatic carbocycles. The summed E-state index contributed by atoms with van der Waals surface area (Å²) in [5, 5.41) is 13.3. The highest BCUT2D eigenvalue weighted by Crippen LogP contribution is 2.35. The minimum atomic E-state index is -3.13. The Balaban J connectivity index is 3.00. The van der Waals surface area contributed by atoms with Crippen LogP contribution in [0.25, 0.3) is 0 Å². The van der Waals surface area contributed by atoms with E-state index in [4.69, 9.17) is 10.5 Å². The van der Waals surface area contributed by atoms with Gasteiger partial charge in [-0.25, -0.2) is 8.78 Å². The molecule has 3 N–H and O–H groups in total. The van der Waals surface area contributed by atoms with Crippen LogP contribution in [0.1, 0.15) is 6.92 Å². The molecule has 0 radical (unpaired) electrons. The lowest BCUT2D eigenvalue weighted by molar-refractivity contribution is -0.384. The Morgan fingerprint density at radius 2 is 2.21 bits per heavy atom. The Hall–Kier alpha value is -1.96. The van der Waals surface area contributed by atoms with Crippen LogP contribution < -0.4 is 15.8 Å². The van der Waals surface area contributed by atoms with Gasteiger partial charge >= 0.3 is 5.69 Å². The largest absolute Gasteiger partial charge is 0.487 e. The van der Waals surface area contributed by atoms with Crippen LogP contribution in [0.2, 0.25) is 0 Å². The first-order valence-corrected chi connectivity index (χ1v) is 5.63. The summed E-state index contributed by atoms with van der Waals surface area (Å²) in [5.74, 6) is -3.09. The van der Waals surface area contributed by atoms with Gasteiger partial charge in [-0.1, -0.05) is 6.07 Å². The van der Waals surface area contributed by atoms with Gasteiger partial charge in [0.05, 0.1) is 24.6 Å². The first-order valence-electron chi connectivity index (χ1n) is 5.63. The molecule has 0 fully saturated rings. The summed E-state index contributed by atoms with van der Waals surface area (Å²) >= 11 is 0. The number of nitrogens with zero attached hydrogens (tertiary/aromatic N) is 1. The highest BCUT2D eigenvalue weighted by atomic mass is 19.3. The second-order valence-corrected chi connectivity index (χ2v) is 3.76. The monoisotopic (exact) mass is 275 g/mol. The van der Waals surface area contributed by atoms with E-state index in [1.165, 1.54) is 18.2 Å². The highest BCUT2D eigenvalue weighted by Gasteiger charge is 2.28. The molecule has 0 bridgehead atoms. The molecule has 0 amide bonds. The molecule has 0 spiro atoms. The molecule has 0 heterocycles. The summed E-state index contributed by atoms with van der Waals surface area (Å²) in [6, 6.07) is 4.24. The normalized spacial score (nSPS) is 11.2. The second kappa shape index (κ2) is 6.28.